The van der Waals surface area contributed by atoms with Crippen molar-refractivity contribution in [3.05, 3.63) is 0 Å². The molecule has 0 aliphatic rings. The summed E-state index contributed by atoms with van der Waals surface area (Å²) in [7, 11) is 7.64. The lowest BCUT2D eigenvalue weighted by Crippen LogP contribution is -1.80. The van der Waals surface area contributed by atoms with E-state index in [9.17, 15) is 0 Å². The lowest BCUT2D eigenvalue weighted by molar-refractivity contribution is 1.12. The molecular formula is C6H14S4. The Balaban J connectivity index is 2.91. The Bertz CT molecular complexity index is 62.1. The van der Waals surface area contributed by atoms with Gasteiger partial charge in [-0.05, 0) is 19.7 Å². The van der Waals surface area contributed by atoms with Gasteiger partial charge < -0.3 is 0 Å². The van der Waals surface area contributed by atoms with Crippen LogP contribution in [-0.2, 0) is 0 Å². The third kappa shape index (κ3) is 9.40. The Morgan fingerprint density at radius 3 is 1.20 bits per heavy atom. The Labute approximate surface area is 79.3 Å². The van der Waals surface area contributed by atoms with Crippen molar-refractivity contribution < 1.29 is 0 Å². The van der Waals surface area contributed by atoms with Gasteiger partial charge in [0, 0.05) is 10.5 Å². The molecule has 0 amide bonds. The highest BCUT2D eigenvalue weighted by molar-refractivity contribution is 9.26. The second kappa shape index (κ2) is 7.07. The van der Waals surface area contributed by atoms with E-state index in [-0.39, 0.29) is 0 Å². The summed E-state index contributed by atoms with van der Waals surface area (Å²) in [4.78, 5) is 0. The van der Waals surface area contributed by atoms with Crippen LogP contribution in [0, 0.1) is 0 Å². The van der Waals surface area contributed by atoms with Gasteiger partial charge in [0.2, 0.25) is 0 Å². The minimum Gasteiger partial charge on any atom is -0.0789 e. The lowest BCUT2D eigenvalue weighted by atomic mass is 10.6. The van der Waals surface area contributed by atoms with Gasteiger partial charge in [-0.1, -0.05) is 49.3 Å². The number of rotatable bonds is 5. The molecule has 0 N–H and O–H groups in total. The SMILES string of the molecule is CC(C)SSSSC(C)C. The molecule has 0 nitrogen and oxygen atoms in total. The van der Waals surface area contributed by atoms with Gasteiger partial charge in [0.15, 0.2) is 0 Å². The largest absolute Gasteiger partial charge is 0.0789 e. The number of hydrogen-bond donors (Lipinski definition) is 0. The van der Waals surface area contributed by atoms with Crippen LogP contribution in [0.3, 0.4) is 0 Å². The van der Waals surface area contributed by atoms with E-state index in [0.717, 1.165) is 10.5 Å². The van der Waals surface area contributed by atoms with Gasteiger partial charge >= 0.3 is 0 Å². The third-order valence-electron chi connectivity index (χ3n) is 0.491. The van der Waals surface area contributed by atoms with Gasteiger partial charge in [-0.3, -0.25) is 0 Å². The topological polar surface area (TPSA) is 0 Å². The summed E-state index contributed by atoms with van der Waals surface area (Å²) in [6, 6.07) is 0. The van der Waals surface area contributed by atoms with E-state index in [1.165, 1.54) is 0 Å². The second-order valence-corrected chi connectivity index (χ2v) is 9.39. The summed E-state index contributed by atoms with van der Waals surface area (Å²) >= 11 is 0. The summed E-state index contributed by atoms with van der Waals surface area (Å²) in [6.45, 7) is 8.88. The maximum atomic E-state index is 2.22. The van der Waals surface area contributed by atoms with Crippen LogP contribution in [0.4, 0.5) is 0 Å². The molecule has 0 saturated heterocycles. The molecule has 0 aromatic carbocycles. The molecule has 0 spiro atoms. The van der Waals surface area contributed by atoms with Crippen LogP contribution >= 0.6 is 41.2 Å². The van der Waals surface area contributed by atoms with Crippen LogP contribution in [0.25, 0.3) is 0 Å². The van der Waals surface area contributed by atoms with Crippen LogP contribution in [-0.4, -0.2) is 10.5 Å². The first kappa shape index (κ1) is 11.4. The molecule has 0 aliphatic carbocycles. The highest BCUT2D eigenvalue weighted by atomic mass is 33.7. The average molecular weight is 214 g/mol. The third-order valence-corrected chi connectivity index (χ3v) is 7.84. The normalized spacial score (nSPS) is 11.4. The van der Waals surface area contributed by atoms with Gasteiger partial charge in [0.25, 0.3) is 0 Å². The summed E-state index contributed by atoms with van der Waals surface area (Å²) in [6.07, 6.45) is 0. The van der Waals surface area contributed by atoms with Crippen LogP contribution in [0.15, 0.2) is 0 Å². The summed E-state index contributed by atoms with van der Waals surface area (Å²) < 4.78 is 0. The first-order valence-corrected chi connectivity index (χ1v) is 8.22. The predicted molar refractivity (Wildman–Crippen MR) is 60.6 cm³/mol. The Hall–Kier alpha value is 1.40. The van der Waals surface area contributed by atoms with E-state index in [1.54, 1.807) is 0 Å². The molecule has 0 aromatic heterocycles. The van der Waals surface area contributed by atoms with Crippen molar-refractivity contribution in [3.8, 4) is 0 Å². The highest BCUT2D eigenvalue weighted by Gasteiger charge is 1.98. The van der Waals surface area contributed by atoms with Gasteiger partial charge in [-0.15, -0.1) is 0 Å². The minimum atomic E-state index is 0.741. The Kier molecular flexibility index (Phi) is 8.06. The average Bonchev–Trinajstić information content (AvgIpc) is 1.79. The van der Waals surface area contributed by atoms with Gasteiger partial charge in [0.1, 0.15) is 0 Å². The van der Waals surface area contributed by atoms with E-state index >= 15 is 0 Å². The molecule has 0 radical (unpaired) electrons. The first-order chi connectivity index (χ1) is 4.63. The molecule has 62 valence electrons. The zero-order valence-corrected chi connectivity index (χ0v) is 10.1. The van der Waals surface area contributed by atoms with Crippen molar-refractivity contribution in [3.63, 3.8) is 0 Å². The Morgan fingerprint density at radius 1 is 0.700 bits per heavy atom. The second-order valence-electron chi connectivity index (χ2n) is 2.43. The molecule has 0 aromatic rings. The molecule has 0 unspecified atom stereocenters. The molecular weight excluding hydrogens is 200 g/mol. The van der Waals surface area contributed by atoms with E-state index < -0.39 is 0 Å². The predicted octanol–water partition coefficient (Wildman–Crippen LogP) is 4.48. The highest BCUT2D eigenvalue weighted by Crippen LogP contribution is 2.46. The fraction of sp³-hybridized carbons (Fsp3) is 1.00. The van der Waals surface area contributed by atoms with Crippen molar-refractivity contribution in [2.45, 2.75) is 38.2 Å². The maximum Gasteiger partial charge on any atom is 0.0103 e. The summed E-state index contributed by atoms with van der Waals surface area (Å²) in [5.74, 6) is 0. The molecule has 10 heavy (non-hydrogen) atoms. The van der Waals surface area contributed by atoms with E-state index in [0.29, 0.717) is 0 Å². The zero-order chi connectivity index (χ0) is 7.98. The molecule has 0 heterocycles. The van der Waals surface area contributed by atoms with Crippen molar-refractivity contribution in [2.24, 2.45) is 0 Å². The van der Waals surface area contributed by atoms with Gasteiger partial charge in [-0.25, -0.2) is 0 Å². The molecule has 0 saturated carbocycles. The molecule has 0 aliphatic heterocycles. The summed E-state index contributed by atoms with van der Waals surface area (Å²) in [5, 5.41) is 1.48. The van der Waals surface area contributed by atoms with Crippen LogP contribution in [0.2, 0.25) is 0 Å². The maximum absolute atomic E-state index is 2.22. The van der Waals surface area contributed by atoms with Crippen LogP contribution < -0.4 is 0 Å². The zero-order valence-electron chi connectivity index (χ0n) is 6.79. The molecule has 0 fully saturated rings. The van der Waals surface area contributed by atoms with Gasteiger partial charge in [0.05, 0.1) is 0 Å². The number of hydrogen-bond acceptors (Lipinski definition) is 4. The van der Waals surface area contributed by atoms with E-state index in [2.05, 4.69) is 27.7 Å². The van der Waals surface area contributed by atoms with Crippen LogP contribution in [0.5, 0.6) is 0 Å². The quantitative estimate of drug-likeness (QED) is 0.488. The van der Waals surface area contributed by atoms with Gasteiger partial charge in [-0.2, -0.15) is 0 Å². The Morgan fingerprint density at radius 2 is 1.00 bits per heavy atom. The minimum absolute atomic E-state index is 0.741. The molecule has 4 heteroatoms. The smallest absolute Gasteiger partial charge is 0.0103 e. The fourth-order valence-corrected chi connectivity index (χ4v) is 6.84. The summed E-state index contributed by atoms with van der Waals surface area (Å²) in [5.41, 5.74) is 0. The lowest BCUT2D eigenvalue weighted by Gasteiger charge is -2.03. The molecule has 0 bridgehead atoms. The van der Waals surface area contributed by atoms with Crippen molar-refractivity contribution in [1.82, 2.24) is 0 Å². The monoisotopic (exact) mass is 214 g/mol. The van der Waals surface area contributed by atoms with Crippen LogP contribution in [0.1, 0.15) is 27.7 Å². The van der Waals surface area contributed by atoms with E-state index in [4.69, 9.17) is 0 Å². The first-order valence-electron chi connectivity index (χ1n) is 3.28. The fourth-order valence-electron chi connectivity index (χ4n) is 0.189. The van der Waals surface area contributed by atoms with Crippen molar-refractivity contribution in [2.75, 3.05) is 0 Å². The van der Waals surface area contributed by atoms with Crippen molar-refractivity contribution >= 4 is 41.2 Å². The van der Waals surface area contributed by atoms with Crippen molar-refractivity contribution in [1.29, 1.82) is 0 Å². The molecule has 0 atom stereocenters. The molecule has 0 rings (SSSR count). The van der Waals surface area contributed by atoms with E-state index in [1.807, 2.05) is 41.2 Å². The standard InChI is InChI=1S/C6H14S4/c1-5(2)7-9-10-8-6(3)4/h5-6H,1-4H3.